The van der Waals surface area contributed by atoms with Crippen molar-refractivity contribution in [3.8, 4) is 11.5 Å². The van der Waals surface area contributed by atoms with Gasteiger partial charge in [0.05, 0.1) is 24.7 Å². The summed E-state index contributed by atoms with van der Waals surface area (Å²) in [5.74, 6) is 1.48. The number of ether oxygens (including phenoxy) is 1. The van der Waals surface area contributed by atoms with E-state index in [0.717, 1.165) is 17.0 Å². The number of hydrogen-bond donors (Lipinski definition) is 1. The first-order valence-electron chi connectivity index (χ1n) is 8.12. The molecule has 0 spiro atoms. The van der Waals surface area contributed by atoms with Crippen LogP contribution in [0.2, 0.25) is 0 Å². The number of carbonyl (C=O) groups is 1. The van der Waals surface area contributed by atoms with Crippen LogP contribution in [0.15, 0.2) is 40.8 Å². The van der Waals surface area contributed by atoms with E-state index in [1.807, 2.05) is 50.3 Å². The van der Waals surface area contributed by atoms with Gasteiger partial charge in [-0.15, -0.1) is 11.8 Å². The van der Waals surface area contributed by atoms with Crippen molar-refractivity contribution in [3.63, 3.8) is 0 Å². The zero-order valence-corrected chi connectivity index (χ0v) is 15.3. The Morgan fingerprint density at radius 2 is 2.00 bits per heavy atom. The van der Waals surface area contributed by atoms with E-state index in [1.165, 1.54) is 17.3 Å². The van der Waals surface area contributed by atoms with E-state index in [-0.39, 0.29) is 35.3 Å². The first-order chi connectivity index (χ1) is 12.1. The number of oxazole rings is 1. The Balaban J connectivity index is 0.00000338. The van der Waals surface area contributed by atoms with Gasteiger partial charge in [-0.3, -0.25) is 4.79 Å². The number of aryl methyl sites for hydroxylation is 2. The summed E-state index contributed by atoms with van der Waals surface area (Å²) in [6.07, 6.45) is 4.52. The number of hydrogen-bond acceptors (Lipinski definition) is 5. The summed E-state index contributed by atoms with van der Waals surface area (Å²) >= 11 is 1.36. The number of rotatable bonds is 10. The van der Waals surface area contributed by atoms with Crippen molar-refractivity contribution in [2.45, 2.75) is 20.3 Å². The van der Waals surface area contributed by atoms with Crippen molar-refractivity contribution in [2.75, 3.05) is 24.7 Å². The summed E-state index contributed by atoms with van der Waals surface area (Å²) in [6.45, 7) is 5.04. The predicted octanol–water partition coefficient (Wildman–Crippen LogP) is 3.24. The monoisotopic (exact) mass is 385 g/mol. The van der Waals surface area contributed by atoms with Gasteiger partial charge in [0.25, 0.3) is 0 Å². The molecule has 0 aliphatic heterocycles. The van der Waals surface area contributed by atoms with E-state index >= 15 is 0 Å². The maximum absolute atomic E-state index is 10.4. The average Bonchev–Trinajstić information content (AvgIpc) is 2.94. The summed E-state index contributed by atoms with van der Waals surface area (Å²) in [7, 11) is 0. The predicted molar refractivity (Wildman–Crippen MR) is 107 cm³/mol. The number of aliphatic carboxylic acids is 1. The topological polar surface area (TPSA) is 72.6 Å². The minimum absolute atomic E-state index is 0. The Bertz CT molecular complexity index is 713. The molecular weight excluding hydrogens is 361 g/mol. The van der Waals surface area contributed by atoms with Crippen LogP contribution in [-0.4, -0.2) is 70.3 Å². The molecule has 1 aromatic heterocycles. The number of thioether (sulfide) groups is 1. The molecule has 0 saturated heterocycles. The van der Waals surface area contributed by atoms with Crippen LogP contribution in [0, 0.1) is 13.8 Å². The van der Waals surface area contributed by atoms with Crippen LogP contribution < -0.4 is 0 Å². The Hall–Kier alpha value is -1.05. The molecule has 0 aliphatic carbocycles. The van der Waals surface area contributed by atoms with Crippen molar-refractivity contribution in [1.29, 1.82) is 0 Å². The first kappa shape index (κ1) is 23.0. The molecule has 1 N–H and O–H groups in total. The summed E-state index contributed by atoms with van der Waals surface area (Å²) in [5, 5.41) is 8.52. The van der Waals surface area contributed by atoms with Crippen LogP contribution >= 0.6 is 11.8 Å². The Morgan fingerprint density at radius 3 is 2.69 bits per heavy atom. The second kappa shape index (κ2) is 12.4. The van der Waals surface area contributed by atoms with Crippen molar-refractivity contribution < 1.29 is 19.1 Å². The molecule has 5 nitrogen and oxygen atoms in total. The summed E-state index contributed by atoms with van der Waals surface area (Å²) in [5.41, 5.74) is 3.09. The van der Waals surface area contributed by atoms with Gasteiger partial charge in [-0.2, -0.15) is 0 Å². The molecule has 0 fully saturated rings. The number of nitrogens with zero attached hydrogens (tertiary/aromatic N) is 1. The van der Waals surface area contributed by atoms with Crippen LogP contribution in [0.4, 0.5) is 0 Å². The number of aromatic nitrogens is 1. The molecule has 2 aromatic rings. The minimum atomic E-state index is -0.789. The standard InChI is InChI=1S/C19H23NO4S.Na.H/c1-14-5-7-16(8-6-14)19-20-17(15(2)24-19)9-11-23-10-3-4-12-25-13-18(21)22;;/h3-8H,9-13H2,1-2H3,(H,21,22);;. The zero-order valence-electron chi connectivity index (χ0n) is 14.5. The fraction of sp³-hybridized carbons (Fsp3) is 0.368. The molecule has 1 aromatic carbocycles. The van der Waals surface area contributed by atoms with E-state index in [9.17, 15) is 4.79 Å². The van der Waals surface area contributed by atoms with E-state index in [4.69, 9.17) is 14.3 Å². The fourth-order valence-corrected chi connectivity index (χ4v) is 2.71. The van der Waals surface area contributed by atoms with Crippen molar-refractivity contribution >= 4 is 47.3 Å². The third-order valence-corrected chi connectivity index (χ3v) is 4.37. The molecule has 26 heavy (non-hydrogen) atoms. The van der Waals surface area contributed by atoms with Gasteiger partial charge in [-0.05, 0) is 26.0 Å². The van der Waals surface area contributed by atoms with Crippen LogP contribution in [0.3, 0.4) is 0 Å². The van der Waals surface area contributed by atoms with Gasteiger partial charge >= 0.3 is 35.5 Å². The van der Waals surface area contributed by atoms with Crippen LogP contribution in [-0.2, 0) is 16.0 Å². The number of carboxylic acid groups (broad SMARTS) is 1. The van der Waals surface area contributed by atoms with E-state index in [1.54, 1.807) is 0 Å². The van der Waals surface area contributed by atoms with Gasteiger partial charge < -0.3 is 14.3 Å². The second-order valence-electron chi connectivity index (χ2n) is 5.59. The second-order valence-corrected chi connectivity index (χ2v) is 6.62. The Labute approximate surface area is 180 Å². The van der Waals surface area contributed by atoms with Gasteiger partial charge in [-0.1, -0.05) is 29.8 Å². The summed E-state index contributed by atoms with van der Waals surface area (Å²) in [4.78, 5) is 14.9. The molecule has 0 atom stereocenters. The molecule has 2 rings (SSSR count). The normalized spacial score (nSPS) is 10.8. The third-order valence-electron chi connectivity index (χ3n) is 3.49. The molecular formula is C19H24NNaO4S. The van der Waals surface area contributed by atoms with Gasteiger partial charge in [0.15, 0.2) is 0 Å². The van der Waals surface area contributed by atoms with Gasteiger partial charge in [0.1, 0.15) is 5.76 Å². The molecule has 0 bridgehead atoms. The summed E-state index contributed by atoms with van der Waals surface area (Å²) in [6, 6.07) is 8.10. The van der Waals surface area contributed by atoms with Crippen molar-refractivity contribution in [2.24, 2.45) is 0 Å². The molecule has 0 aliphatic rings. The van der Waals surface area contributed by atoms with Crippen LogP contribution in [0.25, 0.3) is 11.5 Å². The molecule has 1 heterocycles. The number of benzene rings is 1. The molecule has 0 unspecified atom stereocenters. The number of carboxylic acids is 1. The third kappa shape index (κ3) is 8.10. The first-order valence-corrected chi connectivity index (χ1v) is 9.27. The average molecular weight is 385 g/mol. The van der Waals surface area contributed by atoms with E-state index in [0.29, 0.717) is 31.3 Å². The van der Waals surface area contributed by atoms with Crippen molar-refractivity contribution in [1.82, 2.24) is 4.98 Å². The molecule has 136 valence electrons. The fourth-order valence-electron chi connectivity index (χ4n) is 2.15. The van der Waals surface area contributed by atoms with Gasteiger partial charge in [0, 0.05) is 17.7 Å². The molecule has 0 radical (unpaired) electrons. The van der Waals surface area contributed by atoms with Crippen molar-refractivity contribution in [3.05, 3.63) is 53.4 Å². The Kier molecular flexibility index (Phi) is 10.9. The van der Waals surface area contributed by atoms with Crippen LogP contribution in [0.5, 0.6) is 0 Å². The van der Waals surface area contributed by atoms with Gasteiger partial charge in [-0.25, -0.2) is 4.98 Å². The zero-order chi connectivity index (χ0) is 18.1. The maximum atomic E-state index is 10.4. The quantitative estimate of drug-likeness (QED) is 0.385. The molecule has 0 amide bonds. The van der Waals surface area contributed by atoms with E-state index in [2.05, 4.69) is 4.98 Å². The molecule has 7 heteroatoms. The summed E-state index contributed by atoms with van der Waals surface area (Å²) < 4.78 is 11.3. The van der Waals surface area contributed by atoms with Gasteiger partial charge in [0.2, 0.25) is 5.89 Å². The van der Waals surface area contributed by atoms with E-state index < -0.39 is 5.97 Å². The SMILES string of the molecule is Cc1ccc(-c2nc(CCOCC=CCSCC(=O)O)c(C)o2)cc1.[NaH]. The molecule has 0 saturated carbocycles. The van der Waals surface area contributed by atoms with Crippen LogP contribution in [0.1, 0.15) is 17.0 Å². The Morgan fingerprint density at radius 1 is 1.27 bits per heavy atom.